The van der Waals surface area contributed by atoms with E-state index in [-0.39, 0.29) is 11.8 Å². The van der Waals surface area contributed by atoms with Gasteiger partial charge in [-0.2, -0.15) is 0 Å². The monoisotopic (exact) mass is 366 g/mol. The minimum atomic E-state index is -0.131. The summed E-state index contributed by atoms with van der Waals surface area (Å²) in [5, 5.41) is 2.89. The fourth-order valence-corrected chi connectivity index (χ4v) is 3.29. The van der Waals surface area contributed by atoms with Gasteiger partial charge in [0.1, 0.15) is 12.4 Å². The SMILES string of the molecule is Cc1ccc(OCCNC(=O)c2cccc(CN3CCCC3=O)c2)c(C)c1. The summed E-state index contributed by atoms with van der Waals surface area (Å²) >= 11 is 0. The number of nitrogens with zero attached hydrogens (tertiary/aromatic N) is 1. The smallest absolute Gasteiger partial charge is 0.251 e. The highest BCUT2D eigenvalue weighted by Gasteiger charge is 2.20. The van der Waals surface area contributed by atoms with Crippen molar-refractivity contribution in [2.24, 2.45) is 0 Å². The van der Waals surface area contributed by atoms with E-state index >= 15 is 0 Å². The molecule has 0 spiro atoms. The van der Waals surface area contributed by atoms with E-state index in [1.54, 1.807) is 6.07 Å². The van der Waals surface area contributed by atoms with Gasteiger partial charge in [-0.25, -0.2) is 0 Å². The largest absolute Gasteiger partial charge is 0.491 e. The van der Waals surface area contributed by atoms with E-state index in [4.69, 9.17) is 4.74 Å². The van der Waals surface area contributed by atoms with Crippen LogP contribution in [0.3, 0.4) is 0 Å². The molecule has 2 amide bonds. The standard InChI is InChI=1S/C22H26N2O3/c1-16-8-9-20(17(2)13-16)27-12-10-23-22(26)19-6-3-5-18(14-19)15-24-11-4-7-21(24)25/h3,5-6,8-9,13-14H,4,7,10-12,15H2,1-2H3,(H,23,26). The highest BCUT2D eigenvalue weighted by Crippen LogP contribution is 2.18. The summed E-state index contributed by atoms with van der Waals surface area (Å²) in [6, 6.07) is 13.5. The lowest BCUT2D eigenvalue weighted by Gasteiger charge is -2.16. The van der Waals surface area contributed by atoms with Crippen molar-refractivity contribution in [1.29, 1.82) is 0 Å². The fraction of sp³-hybridized carbons (Fsp3) is 0.364. The molecule has 0 saturated carbocycles. The molecule has 1 aliphatic heterocycles. The number of carbonyl (C=O) groups excluding carboxylic acids is 2. The molecule has 142 valence electrons. The van der Waals surface area contributed by atoms with E-state index in [0.717, 1.165) is 29.8 Å². The van der Waals surface area contributed by atoms with Crippen LogP contribution in [0.5, 0.6) is 5.75 Å². The number of aryl methyl sites for hydroxylation is 2. The minimum absolute atomic E-state index is 0.131. The first-order chi connectivity index (χ1) is 13.0. The lowest BCUT2D eigenvalue weighted by molar-refractivity contribution is -0.128. The quantitative estimate of drug-likeness (QED) is 0.766. The zero-order chi connectivity index (χ0) is 19.2. The van der Waals surface area contributed by atoms with Gasteiger partial charge in [0.2, 0.25) is 5.91 Å². The number of nitrogens with one attached hydrogen (secondary N) is 1. The molecule has 0 bridgehead atoms. The summed E-state index contributed by atoms with van der Waals surface area (Å²) in [6.07, 6.45) is 1.54. The Kier molecular flexibility index (Phi) is 6.12. The second-order valence-corrected chi connectivity index (χ2v) is 6.99. The Bertz CT molecular complexity index is 832. The summed E-state index contributed by atoms with van der Waals surface area (Å²) in [5.41, 5.74) is 3.87. The summed E-state index contributed by atoms with van der Waals surface area (Å²) in [7, 11) is 0. The van der Waals surface area contributed by atoms with Gasteiger partial charge >= 0.3 is 0 Å². The molecule has 1 saturated heterocycles. The first kappa shape index (κ1) is 19.0. The average Bonchev–Trinajstić information content (AvgIpc) is 3.05. The van der Waals surface area contributed by atoms with Crippen LogP contribution < -0.4 is 10.1 Å². The van der Waals surface area contributed by atoms with Gasteiger partial charge < -0.3 is 15.0 Å². The van der Waals surface area contributed by atoms with Crippen molar-refractivity contribution < 1.29 is 14.3 Å². The van der Waals surface area contributed by atoms with Crippen molar-refractivity contribution >= 4 is 11.8 Å². The fourth-order valence-electron chi connectivity index (χ4n) is 3.29. The van der Waals surface area contributed by atoms with Crippen LogP contribution in [0.15, 0.2) is 42.5 Å². The van der Waals surface area contributed by atoms with Crippen molar-refractivity contribution in [2.75, 3.05) is 19.7 Å². The van der Waals surface area contributed by atoms with Gasteiger partial charge in [0.25, 0.3) is 5.91 Å². The summed E-state index contributed by atoms with van der Waals surface area (Å²) < 4.78 is 5.74. The third-order valence-electron chi connectivity index (χ3n) is 4.71. The Morgan fingerprint density at radius 3 is 2.78 bits per heavy atom. The normalized spacial score (nSPS) is 13.7. The van der Waals surface area contributed by atoms with Crippen LogP contribution in [-0.2, 0) is 11.3 Å². The van der Waals surface area contributed by atoms with Crippen LogP contribution in [0.4, 0.5) is 0 Å². The molecule has 1 heterocycles. The number of rotatable bonds is 7. The molecule has 1 fully saturated rings. The molecule has 0 atom stereocenters. The highest BCUT2D eigenvalue weighted by atomic mass is 16.5. The van der Waals surface area contributed by atoms with Gasteiger partial charge in [0.15, 0.2) is 0 Å². The number of hydrogen-bond acceptors (Lipinski definition) is 3. The molecule has 0 aliphatic carbocycles. The molecular formula is C22H26N2O3. The molecule has 2 aromatic rings. The molecule has 1 N–H and O–H groups in total. The zero-order valence-electron chi connectivity index (χ0n) is 16.0. The van der Waals surface area contributed by atoms with Crippen LogP contribution in [0.2, 0.25) is 0 Å². The molecule has 5 nitrogen and oxygen atoms in total. The van der Waals surface area contributed by atoms with Crippen LogP contribution in [0, 0.1) is 13.8 Å². The lowest BCUT2D eigenvalue weighted by Crippen LogP contribution is -2.28. The number of benzene rings is 2. The summed E-state index contributed by atoms with van der Waals surface area (Å²) in [5.74, 6) is 0.898. The van der Waals surface area contributed by atoms with E-state index < -0.39 is 0 Å². The van der Waals surface area contributed by atoms with Crippen LogP contribution in [-0.4, -0.2) is 36.4 Å². The number of likely N-dealkylation sites (tertiary alicyclic amines) is 1. The molecule has 27 heavy (non-hydrogen) atoms. The van der Waals surface area contributed by atoms with E-state index in [2.05, 4.69) is 11.4 Å². The molecule has 0 unspecified atom stereocenters. The van der Waals surface area contributed by atoms with Gasteiger partial charge in [-0.1, -0.05) is 29.8 Å². The predicted molar refractivity (Wildman–Crippen MR) is 105 cm³/mol. The molecule has 0 aromatic heterocycles. The van der Waals surface area contributed by atoms with Gasteiger partial charge in [0.05, 0.1) is 6.54 Å². The molecule has 0 radical (unpaired) electrons. The Morgan fingerprint density at radius 1 is 1.19 bits per heavy atom. The van der Waals surface area contributed by atoms with Crippen LogP contribution in [0.25, 0.3) is 0 Å². The lowest BCUT2D eigenvalue weighted by atomic mass is 10.1. The van der Waals surface area contributed by atoms with Gasteiger partial charge in [-0.3, -0.25) is 9.59 Å². The molecule has 3 rings (SSSR count). The number of amides is 2. The first-order valence-corrected chi connectivity index (χ1v) is 9.38. The maximum Gasteiger partial charge on any atom is 0.251 e. The summed E-state index contributed by atoms with van der Waals surface area (Å²) in [6.45, 7) is 6.27. The second-order valence-electron chi connectivity index (χ2n) is 6.99. The maximum atomic E-state index is 12.4. The van der Waals surface area contributed by atoms with Crippen molar-refractivity contribution in [2.45, 2.75) is 33.2 Å². The Morgan fingerprint density at radius 2 is 2.04 bits per heavy atom. The van der Waals surface area contributed by atoms with E-state index in [1.807, 2.05) is 49.1 Å². The van der Waals surface area contributed by atoms with Gasteiger partial charge in [0, 0.05) is 25.1 Å². The number of hydrogen-bond donors (Lipinski definition) is 1. The maximum absolute atomic E-state index is 12.4. The Labute approximate surface area is 160 Å². The Balaban J connectivity index is 1.49. The second kappa shape index (κ2) is 8.71. The third-order valence-corrected chi connectivity index (χ3v) is 4.71. The van der Waals surface area contributed by atoms with Crippen LogP contribution >= 0.6 is 0 Å². The van der Waals surface area contributed by atoms with Crippen LogP contribution in [0.1, 0.15) is 39.9 Å². The van der Waals surface area contributed by atoms with Crippen molar-refractivity contribution in [3.8, 4) is 5.75 Å². The third kappa shape index (κ3) is 5.09. The van der Waals surface area contributed by atoms with E-state index in [9.17, 15) is 9.59 Å². The van der Waals surface area contributed by atoms with E-state index in [0.29, 0.717) is 31.7 Å². The topological polar surface area (TPSA) is 58.6 Å². The summed E-state index contributed by atoms with van der Waals surface area (Å²) in [4.78, 5) is 26.0. The van der Waals surface area contributed by atoms with Crippen molar-refractivity contribution in [1.82, 2.24) is 10.2 Å². The van der Waals surface area contributed by atoms with Gasteiger partial charge in [-0.15, -0.1) is 0 Å². The molecular weight excluding hydrogens is 340 g/mol. The average molecular weight is 366 g/mol. The van der Waals surface area contributed by atoms with E-state index in [1.165, 1.54) is 5.56 Å². The first-order valence-electron chi connectivity index (χ1n) is 9.38. The van der Waals surface area contributed by atoms with Crippen molar-refractivity contribution in [3.63, 3.8) is 0 Å². The number of ether oxygens (including phenoxy) is 1. The van der Waals surface area contributed by atoms with Crippen molar-refractivity contribution in [3.05, 3.63) is 64.7 Å². The predicted octanol–water partition coefficient (Wildman–Crippen LogP) is 3.23. The zero-order valence-corrected chi connectivity index (χ0v) is 16.0. The molecule has 2 aromatic carbocycles. The molecule has 5 heteroatoms. The highest BCUT2D eigenvalue weighted by molar-refractivity contribution is 5.94. The molecule has 1 aliphatic rings. The van der Waals surface area contributed by atoms with Gasteiger partial charge in [-0.05, 0) is 49.6 Å². The Hall–Kier alpha value is -2.82. The number of carbonyl (C=O) groups is 2. The minimum Gasteiger partial charge on any atom is -0.491 e.